The Hall–Kier alpha value is -2.69. The van der Waals surface area contributed by atoms with Crippen LogP contribution in [0, 0.1) is 0 Å². The van der Waals surface area contributed by atoms with Crippen molar-refractivity contribution in [2.45, 2.75) is 32.4 Å². The van der Waals surface area contributed by atoms with E-state index in [-0.39, 0.29) is 12.5 Å². The van der Waals surface area contributed by atoms with Crippen molar-refractivity contribution in [1.82, 2.24) is 0 Å². The molecular formula is C21H27N3O2. The summed E-state index contributed by atoms with van der Waals surface area (Å²) in [5.74, 6) is 0.445. The van der Waals surface area contributed by atoms with Crippen molar-refractivity contribution in [2.24, 2.45) is 5.73 Å². The number of methoxy groups -OCH3 is 1. The summed E-state index contributed by atoms with van der Waals surface area (Å²) in [6.07, 6.45) is 2.58. The number of rotatable bonds is 9. The van der Waals surface area contributed by atoms with Gasteiger partial charge in [-0.15, -0.1) is 0 Å². The number of nitrogens with zero attached hydrogens (tertiary/aromatic N) is 2. The van der Waals surface area contributed by atoms with E-state index >= 15 is 0 Å². The Balaban J connectivity index is 1.74. The number of hydrogen-bond donors (Lipinski definition) is 1. The maximum absolute atomic E-state index is 11.5. The van der Waals surface area contributed by atoms with Crippen LogP contribution in [0.1, 0.15) is 25.3 Å². The minimum atomic E-state index is -0.344. The van der Waals surface area contributed by atoms with Crippen LogP contribution in [0.4, 0.5) is 11.4 Å². The maximum atomic E-state index is 11.5. The molecule has 0 radical (unpaired) electrons. The molecule has 26 heavy (non-hydrogen) atoms. The van der Waals surface area contributed by atoms with Gasteiger partial charge in [0.05, 0.1) is 13.7 Å². The van der Waals surface area contributed by atoms with Crippen LogP contribution in [0.5, 0.6) is 5.75 Å². The number of amides is 1. The average molecular weight is 353 g/mol. The van der Waals surface area contributed by atoms with Gasteiger partial charge in [0.1, 0.15) is 5.75 Å². The molecule has 1 aliphatic carbocycles. The van der Waals surface area contributed by atoms with Crippen LogP contribution in [-0.2, 0) is 11.3 Å². The molecular weight excluding hydrogens is 326 g/mol. The van der Waals surface area contributed by atoms with Crippen molar-refractivity contribution in [2.75, 3.05) is 30.0 Å². The molecule has 0 bridgehead atoms. The smallest absolute Gasteiger partial charge is 0.236 e. The van der Waals surface area contributed by atoms with Crippen molar-refractivity contribution in [3.05, 3.63) is 54.1 Å². The second-order valence-electron chi connectivity index (χ2n) is 6.70. The number of ether oxygens (including phenoxy) is 1. The van der Waals surface area contributed by atoms with Crippen LogP contribution < -0.4 is 20.3 Å². The minimum Gasteiger partial charge on any atom is -0.497 e. The standard InChI is InChI=1S/C21H27N3O2/c1-3-24(19-8-9-19)18-6-4-16(5-7-18)14-23(15-21(22)25)17-10-12-20(26-2)13-11-17/h4-7,10-13,19H,3,8-9,14-15H2,1-2H3,(H2,22,25). The van der Waals surface area contributed by atoms with Crippen molar-refractivity contribution >= 4 is 17.3 Å². The summed E-state index contributed by atoms with van der Waals surface area (Å²) in [6, 6.07) is 17.0. The molecule has 2 N–H and O–H groups in total. The van der Waals surface area contributed by atoms with Gasteiger partial charge in [0.15, 0.2) is 0 Å². The topological polar surface area (TPSA) is 58.8 Å². The third kappa shape index (κ3) is 4.48. The van der Waals surface area contributed by atoms with E-state index in [1.165, 1.54) is 18.5 Å². The quantitative estimate of drug-likeness (QED) is 0.752. The van der Waals surface area contributed by atoms with Crippen LogP contribution in [-0.4, -0.2) is 32.1 Å². The molecule has 0 aromatic heterocycles. The van der Waals surface area contributed by atoms with E-state index in [1.54, 1.807) is 7.11 Å². The molecule has 0 heterocycles. The highest BCUT2D eigenvalue weighted by molar-refractivity contribution is 5.79. The van der Waals surface area contributed by atoms with Gasteiger partial charge in [-0.3, -0.25) is 4.79 Å². The van der Waals surface area contributed by atoms with Crippen LogP contribution in [0.3, 0.4) is 0 Å². The Bertz CT molecular complexity index is 724. The van der Waals surface area contributed by atoms with Crippen LogP contribution >= 0.6 is 0 Å². The Morgan fingerprint density at radius 3 is 2.19 bits per heavy atom. The zero-order valence-corrected chi connectivity index (χ0v) is 15.5. The predicted octanol–water partition coefficient (Wildman–Crippen LogP) is 3.18. The highest BCUT2D eigenvalue weighted by atomic mass is 16.5. The number of nitrogens with two attached hydrogens (primary N) is 1. The molecule has 1 saturated carbocycles. The second-order valence-corrected chi connectivity index (χ2v) is 6.70. The molecule has 0 saturated heterocycles. The fraction of sp³-hybridized carbons (Fsp3) is 0.381. The fourth-order valence-electron chi connectivity index (χ4n) is 3.27. The third-order valence-electron chi connectivity index (χ3n) is 4.75. The molecule has 0 atom stereocenters. The highest BCUT2D eigenvalue weighted by Gasteiger charge is 2.27. The molecule has 3 rings (SSSR count). The van der Waals surface area contributed by atoms with Crippen molar-refractivity contribution in [1.29, 1.82) is 0 Å². The van der Waals surface area contributed by atoms with Gasteiger partial charge in [0.2, 0.25) is 5.91 Å². The first kappa shape index (κ1) is 18.1. The largest absolute Gasteiger partial charge is 0.497 e. The van der Waals surface area contributed by atoms with Crippen LogP contribution in [0.25, 0.3) is 0 Å². The molecule has 0 spiro atoms. The number of benzene rings is 2. The molecule has 2 aromatic rings. The Labute approximate surface area is 155 Å². The van der Waals surface area contributed by atoms with Crippen LogP contribution in [0.2, 0.25) is 0 Å². The van der Waals surface area contributed by atoms with E-state index < -0.39 is 0 Å². The lowest BCUT2D eigenvalue weighted by molar-refractivity contribution is -0.116. The summed E-state index contributed by atoms with van der Waals surface area (Å²) >= 11 is 0. The molecule has 2 aromatic carbocycles. The number of carbonyl (C=O) groups is 1. The highest BCUT2D eigenvalue weighted by Crippen LogP contribution is 2.31. The number of anilines is 2. The average Bonchev–Trinajstić information content (AvgIpc) is 3.48. The van der Waals surface area contributed by atoms with E-state index in [4.69, 9.17) is 10.5 Å². The first-order chi connectivity index (χ1) is 12.6. The summed E-state index contributed by atoms with van der Waals surface area (Å²) in [5.41, 5.74) is 8.82. The van der Waals surface area contributed by atoms with Gasteiger partial charge in [-0.1, -0.05) is 12.1 Å². The van der Waals surface area contributed by atoms with Gasteiger partial charge in [0, 0.05) is 30.5 Å². The summed E-state index contributed by atoms with van der Waals surface area (Å²) in [7, 11) is 1.64. The zero-order chi connectivity index (χ0) is 18.5. The van der Waals surface area contributed by atoms with E-state index in [0.29, 0.717) is 12.6 Å². The van der Waals surface area contributed by atoms with Gasteiger partial charge in [-0.05, 0) is 61.7 Å². The first-order valence-corrected chi connectivity index (χ1v) is 9.13. The SMILES string of the molecule is CCN(c1ccc(CN(CC(N)=O)c2ccc(OC)cc2)cc1)C1CC1. The molecule has 138 valence electrons. The molecule has 0 unspecified atom stereocenters. The summed E-state index contributed by atoms with van der Waals surface area (Å²) in [6.45, 7) is 4.04. The zero-order valence-electron chi connectivity index (χ0n) is 15.5. The third-order valence-corrected chi connectivity index (χ3v) is 4.75. The first-order valence-electron chi connectivity index (χ1n) is 9.13. The Kier molecular flexibility index (Phi) is 5.66. The lowest BCUT2D eigenvalue weighted by Crippen LogP contribution is -2.33. The van der Waals surface area contributed by atoms with Crippen molar-refractivity contribution in [3.8, 4) is 5.75 Å². The van der Waals surface area contributed by atoms with Gasteiger partial charge in [-0.2, -0.15) is 0 Å². The molecule has 1 amide bonds. The minimum absolute atomic E-state index is 0.178. The molecule has 5 heteroatoms. The maximum Gasteiger partial charge on any atom is 0.236 e. The molecule has 5 nitrogen and oxygen atoms in total. The normalized spacial score (nSPS) is 13.3. The van der Waals surface area contributed by atoms with Crippen LogP contribution in [0.15, 0.2) is 48.5 Å². The lowest BCUT2D eigenvalue weighted by atomic mass is 10.1. The van der Waals surface area contributed by atoms with E-state index in [9.17, 15) is 4.79 Å². The number of primary amides is 1. The predicted molar refractivity (Wildman–Crippen MR) is 106 cm³/mol. The van der Waals surface area contributed by atoms with Crippen molar-refractivity contribution in [3.63, 3.8) is 0 Å². The summed E-state index contributed by atoms with van der Waals surface area (Å²) < 4.78 is 5.20. The lowest BCUT2D eigenvalue weighted by Gasteiger charge is -2.25. The monoisotopic (exact) mass is 353 g/mol. The number of carbonyl (C=O) groups excluding carboxylic acids is 1. The summed E-state index contributed by atoms with van der Waals surface area (Å²) in [5, 5.41) is 0. The van der Waals surface area contributed by atoms with E-state index in [2.05, 4.69) is 36.1 Å². The second kappa shape index (κ2) is 8.13. The fourth-order valence-corrected chi connectivity index (χ4v) is 3.27. The Morgan fingerprint density at radius 2 is 1.69 bits per heavy atom. The van der Waals surface area contributed by atoms with E-state index in [1.807, 2.05) is 29.2 Å². The number of hydrogen-bond acceptors (Lipinski definition) is 4. The molecule has 0 aliphatic heterocycles. The van der Waals surface area contributed by atoms with Gasteiger partial charge in [-0.25, -0.2) is 0 Å². The summed E-state index contributed by atoms with van der Waals surface area (Å²) in [4.78, 5) is 15.9. The Morgan fingerprint density at radius 1 is 1.08 bits per heavy atom. The van der Waals surface area contributed by atoms with Gasteiger partial charge < -0.3 is 20.3 Å². The van der Waals surface area contributed by atoms with Gasteiger partial charge >= 0.3 is 0 Å². The molecule has 1 fully saturated rings. The van der Waals surface area contributed by atoms with Gasteiger partial charge in [0.25, 0.3) is 0 Å². The van der Waals surface area contributed by atoms with E-state index in [0.717, 1.165) is 23.5 Å². The van der Waals surface area contributed by atoms with Crippen molar-refractivity contribution < 1.29 is 9.53 Å². The molecule has 1 aliphatic rings.